The number of carbonyl (C=O) groups is 2. The summed E-state index contributed by atoms with van der Waals surface area (Å²) in [5, 5.41) is 16.2. The first-order valence-electron chi connectivity index (χ1n) is 2.31. The van der Waals surface area contributed by atoms with Crippen LogP contribution in [0.15, 0.2) is 4.79 Å². The van der Waals surface area contributed by atoms with Gasteiger partial charge in [-0.1, -0.05) is 0 Å². The van der Waals surface area contributed by atoms with Crippen LogP contribution in [0.2, 0.25) is 0 Å². The molecule has 0 aliphatic rings. The third-order valence-electron chi connectivity index (χ3n) is 1.07. The van der Waals surface area contributed by atoms with Gasteiger partial charge in [-0.05, 0) is 0 Å². The monoisotopic (exact) mass is 142 g/mol. The van der Waals surface area contributed by atoms with Gasteiger partial charge in [0.05, 0.1) is 0 Å². The number of rotatable bonds is 2. The van der Waals surface area contributed by atoms with E-state index in [-0.39, 0.29) is 0 Å². The second-order valence-electron chi connectivity index (χ2n) is 1.69. The van der Waals surface area contributed by atoms with E-state index < -0.39 is 28.5 Å². The van der Waals surface area contributed by atoms with Crippen LogP contribution in [0.4, 0.5) is 0 Å². The molecule has 0 bridgehead atoms. The summed E-state index contributed by atoms with van der Waals surface area (Å²) in [4.78, 5) is 30.2. The van der Waals surface area contributed by atoms with E-state index in [1.807, 2.05) is 0 Å². The molecule has 5 nitrogen and oxygen atoms in total. The van der Waals surface area contributed by atoms with Gasteiger partial charge in [0.1, 0.15) is 11.1 Å². The zero-order valence-electron chi connectivity index (χ0n) is 4.62. The van der Waals surface area contributed by atoms with E-state index in [9.17, 15) is 14.4 Å². The molecule has 2 N–H and O–H groups in total. The number of carboxylic acids is 2. The highest BCUT2D eigenvalue weighted by atomic mass is 16.4. The predicted molar refractivity (Wildman–Crippen MR) is 29.0 cm³/mol. The maximum atomic E-state index is 10.3. The second kappa shape index (κ2) is 1.66. The molecule has 52 valence electrons. The van der Waals surface area contributed by atoms with Gasteiger partial charge in [0.15, 0.2) is 0 Å². The van der Waals surface area contributed by atoms with E-state index in [4.69, 9.17) is 10.2 Å². The molecule has 1 aromatic rings. The lowest BCUT2D eigenvalue weighted by molar-refractivity contribution is 0.0666. The molecule has 1 aromatic carbocycles. The summed E-state index contributed by atoms with van der Waals surface area (Å²) in [6.07, 6.45) is 0. The molecule has 0 aliphatic heterocycles. The van der Waals surface area contributed by atoms with Crippen molar-refractivity contribution < 1.29 is 19.8 Å². The first-order valence-corrected chi connectivity index (χ1v) is 2.31. The molecule has 0 amide bonds. The Morgan fingerprint density at radius 2 is 1.30 bits per heavy atom. The van der Waals surface area contributed by atoms with Crippen molar-refractivity contribution in [2.75, 3.05) is 0 Å². The van der Waals surface area contributed by atoms with Gasteiger partial charge in [-0.3, -0.25) is 4.79 Å². The summed E-state index contributed by atoms with van der Waals surface area (Å²) in [6, 6.07) is 0. The summed E-state index contributed by atoms with van der Waals surface area (Å²) in [5.74, 6) is -2.94. The summed E-state index contributed by atoms with van der Waals surface area (Å²) >= 11 is 0. The van der Waals surface area contributed by atoms with Crippen molar-refractivity contribution in [3.8, 4) is 0 Å². The second-order valence-corrected chi connectivity index (χ2v) is 1.69. The minimum absolute atomic E-state index is 0.604. The van der Waals surface area contributed by atoms with Crippen LogP contribution >= 0.6 is 0 Å². The van der Waals surface area contributed by atoms with Gasteiger partial charge in [0, 0.05) is 0 Å². The van der Waals surface area contributed by atoms with Crippen molar-refractivity contribution in [1.82, 2.24) is 0 Å². The van der Waals surface area contributed by atoms with Crippen LogP contribution in [0.25, 0.3) is 0 Å². The highest BCUT2D eigenvalue weighted by molar-refractivity contribution is 6.08. The van der Waals surface area contributed by atoms with Crippen molar-refractivity contribution in [3.63, 3.8) is 0 Å². The number of carboxylic acid groups (broad SMARTS) is 2. The molecule has 10 heavy (non-hydrogen) atoms. The van der Waals surface area contributed by atoms with Crippen LogP contribution in [0.1, 0.15) is 20.7 Å². The van der Waals surface area contributed by atoms with E-state index in [0.29, 0.717) is 0 Å². The van der Waals surface area contributed by atoms with Crippen molar-refractivity contribution in [2.45, 2.75) is 0 Å². The molecule has 5 heteroatoms. The van der Waals surface area contributed by atoms with Crippen LogP contribution in [0.5, 0.6) is 0 Å². The zero-order valence-corrected chi connectivity index (χ0v) is 4.62. The van der Waals surface area contributed by atoms with Crippen molar-refractivity contribution in [2.24, 2.45) is 0 Å². The minimum Gasteiger partial charge on any atom is -0.478 e. The Balaban J connectivity index is 3.02. The SMILES string of the molecule is O=C(O)c1c(C(=O)O)c1=O. The van der Waals surface area contributed by atoms with Gasteiger partial charge in [0.25, 0.3) is 0 Å². The zero-order chi connectivity index (χ0) is 7.89. The Labute approximate surface area is 54.2 Å². The van der Waals surface area contributed by atoms with Gasteiger partial charge in [-0.25, -0.2) is 9.59 Å². The molecular weight excluding hydrogens is 140 g/mol. The fourth-order valence-electron chi connectivity index (χ4n) is 0.578. The van der Waals surface area contributed by atoms with E-state index in [1.165, 1.54) is 0 Å². The largest absolute Gasteiger partial charge is 0.478 e. The lowest BCUT2D eigenvalue weighted by Crippen LogP contribution is -1.93. The molecule has 0 aromatic heterocycles. The Kier molecular flexibility index (Phi) is 1.08. The van der Waals surface area contributed by atoms with Gasteiger partial charge in [0.2, 0.25) is 5.43 Å². The average Bonchev–Trinajstić information content (AvgIpc) is 2.40. The third kappa shape index (κ3) is 0.680. The first kappa shape index (κ1) is 6.47. The van der Waals surface area contributed by atoms with Gasteiger partial charge >= 0.3 is 11.9 Å². The summed E-state index contributed by atoms with van der Waals surface area (Å²) in [5.41, 5.74) is -2.08. The molecule has 0 saturated heterocycles. The molecule has 1 rings (SSSR count). The standard InChI is InChI=1S/C5H2O5/c6-3-1(4(7)8)2(3)5(9)10/h(H,7,8)(H,9,10). The lowest BCUT2D eigenvalue weighted by atomic mass is 10.4. The molecule has 0 spiro atoms. The van der Waals surface area contributed by atoms with E-state index in [0.717, 1.165) is 0 Å². The van der Waals surface area contributed by atoms with Crippen LogP contribution < -0.4 is 5.43 Å². The highest BCUT2D eigenvalue weighted by Crippen LogP contribution is 2.07. The van der Waals surface area contributed by atoms with Crippen molar-refractivity contribution in [1.29, 1.82) is 0 Å². The molecule has 0 unspecified atom stereocenters. The van der Waals surface area contributed by atoms with Gasteiger partial charge in [-0.2, -0.15) is 0 Å². The van der Waals surface area contributed by atoms with Crippen LogP contribution in [0, 0.1) is 0 Å². The topological polar surface area (TPSA) is 91.7 Å². The fraction of sp³-hybridized carbons (Fsp3) is 0. The van der Waals surface area contributed by atoms with Gasteiger partial charge < -0.3 is 10.2 Å². The lowest BCUT2D eigenvalue weighted by Gasteiger charge is -1.74. The molecule has 0 fully saturated rings. The molecule has 0 saturated carbocycles. The Morgan fingerprint density at radius 3 is 1.40 bits per heavy atom. The molecular formula is C5H2O5. The van der Waals surface area contributed by atoms with E-state index >= 15 is 0 Å². The third-order valence-corrected chi connectivity index (χ3v) is 1.07. The van der Waals surface area contributed by atoms with Crippen LogP contribution in [-0.2, 0) is 0 Å². The van der Waals surface area contributed by atoms with Crippen molar-refractivity contribution >= 4 is 11.9 Å². The number of aromatic carboxylic acids is 2. The maximum Gasteiger partial charge on any atom is 0.340 e. The van der Waals surface area contributed by atoms with Gasteiger partial charge in [-0.15, -0.1) is 0 Å². The normalized spacial score (nSPS) is 10.0. The number of hydrogen-bond donors (Lipinski definition) is 2. The molecule has 0 aliphatic carbocycles. The van der Waals surface area contributed by atoms with Crippen LogP contribution in [0.3, 0.4) is 0 Å². The summed E-state index contributed by atoms with van der Waals surface area (Å²) < 4.78 is 0. The molecule has 0 atom stereocenters. The fourth-order valence-corrected chi connectivity index (χ4v) is 0.578. The highest BCUT2D eigenvalue weighted by Gasteiger charge is 2.33. The van der Waals surface area contributed by atoms with Crippen LogP contribution in [-0.4, -0.2) is 22.2 Å². The summed E-state index contributed by atoms with van der Waals surface area (Å²) in [6.45, 7) is 0. The van der Waals surface area contributed by atoms with Crippen molar-refractivity contribution in [3.05, 3.63) is 21.4 Å². The molecule has 0 heterocycles. The quantitative estimate of drug-likeness (QED) is 0.570. The first-order chi connectivity index (χ1) is 4.55. The Morgan fingerprint density at radius 1 is 1.00 bits per heavy atom. The smallest absolute Gasteiger partial charge is 0.340 e. The predicted octanol–water partition coefficient (Wildman–Crippen LogP) is -0.681. The van der Waals surface area contributed by atoms with E-state index in [2.05, 4.69) is 0 Å². The number of hydrogen-bond acceptors (Lipinski definition) is 3. The summed E-state index contributed by atoms with van der Waals surface area (Å²) in [7, 11) is 0. The minimum atomic E-state index is -1.47. The molecule has 0 radical (unpaired) electrons. The maximum absolute atomic E-state index is 10.3. The Hall–Kier alpha value is -1.65. The Bertz CT molecular complexity index is 285. The average molecular weight is 142 g/mol. The van der Waals surface area contributed by atoms with E-state index in [1.54, 1.807) is 0 Å².